The zero-order valence-electron chi connectivity index (χ0n) is 12.1. The van der Waals surface area contributed by atoms with Gasteiger partial charge in [-0.15, -0.1) is 0 Å². The van der Waals surface area contributed by atoms with Crippen LogP contribution in [0.15, 0.2) is 30.3 Å². The average molecular weight is 262 g/mol. The fraction of sp³-hybridized carbons (Fsp3) is 0.625. The van der Waals surface area contributed by atoms with Crippen molar-refractivity contribution in [3.8, 4) is 0 Å². The number of benzene rings is 1. The molecule has 19 heavy (non-hydrogen) atoms. The Morgan fingerprint density at radius 2 is 1.95 bits per heavy atom. The molecule has 2 rings (SSSR count). The second-order valence-electron chi connectivity index (χ2n) is 5.35. The van der Waals surface area contributed by atoms with Gasteiger partial charge >= 0.3 is 0 Å². The molecule has 0 radical (unpaired) electrons. The van der Waals surface area contributed by atoms with E-state index in [1.807, 2.05) is 30.3 Å². The minimum atomic E-state index is -0.364. The summed E-state index contributed by atoms with van der Waals surface area (Å²) in [6, 6.07) is 10.6. The first-order chi connectivity index (χ1) is 9.24. The first-order valence-electron chi connectivity index (χ1n) is 7.44. The first kappa shape index (κ1) is 14.5. The van der Waals surface area contributed by atoms with Crippen molar-refractivity contribution in [1.82, 2.24) is 9.80 Å². The molecule has 0 amide bonds. The predicted molar refractivity (Wildman–Crippen MR) is 79.2 cm³/mol. The topological polar surface area (TPSA) is 26.7 Å². The van der Waals surface area contributed by atoms with Gasteiger partial charge in [0.25, 0.3) is 0 Å². The van der Waals surface area contributed by atoms with Crippen LogP contribution in [0.1, 0.15) is 31.9 Å². The van der Waals surface area contributed by atoms with Crippen LogP contribution in [0.5, 0.6) is 0 Å². The van der Waals surface area contributed by atoms with Crippen LogP contribution in [-0.4, -0.2) is 53.7 Å². The predicted octanol–water partition coefficient (Wildman–Crippen LogP) is 2.14. The fourth-order valence-corrected chi connectivity index (χ4v) is 3.04. The van der Waals surface area contributed by atoms with Gasteiger partial charge in [0.2, 0.25) is 0 Å². The maximum Gasteiger partial charge on any atom is 0.0916 e. The van der Waals surface area contributed by atoms with Crippen molar-refractivity contribution in [1.29, 1.82) is 0 Å². The Kier molecular flexibility index (Phi) is 5.37. The Bertz CT molecular complexity index is 364. The molecule has 2 atom stereocenters. The van der Waals surface area contributed by atoms with Gasteiger partial charge in [-0.25, -0.2) is 0 Å². The second-order valence-corrected chi connectivity index (χ2v) is 5.35. The van der Waals surface area contributed by atoms with Gasteiger partial charge < -0.3 is 5.11 Å². The Hall–Kier alpha value is -0.900. The molecule has 0 saturated carbocycles. The van der Waals surface area contributed by atoms with Gasteiger partial charge in [0.05, 0.1) is 6.10 Å². The fourth-order valence-electron chi connectivity index (χ4n) is 3.04. The normalized spacial score (nSPS) is 22.0. The number of rotatable bonds is 6. The Labute approximate surface area is 116 Å². The molecule has 0 spiro atoms. The van der Waals surface area contributed by atoms with E-state index in [9.17, 15) is 5.11 Å². The van der Waals surface area contributed by atoms with Crippen LogP contribution >= 0.6 is 0 Å². The molecular weight excluding hydrogens is 236 g/mol. The molecule has 1 aromatic carbocycles. The number of β-amino-alcohol motifs (C(OH)–C–C–N with tert-alkyl or cyclic N) is 1. The molecule has 1 saturated heterocycles. The molecule has 1 fully saturated rings. The highest BCUT2D eigenvalue weighted by Gasteiger charge is 2.27. The lowest BCUT2D eigenvalue weighted by Crippen LogP contribution is -2.38. The van der Waals surface area contributed by atoms with Gasteiger partial charge in [0, 0.05) is 19.1 Å². The number of hydrogen-bond donors (Lipinski definition) is 1. The minimum absolute atomic E-state index is 0.364. The molecule has 0 aliphatic carbocycles. The molecule has 0 aromatic heterocycles. The van der Waals surface area contributed by atoms with E-state index in [1.165, 1.54) is 6.42 Å². The van der Waals surface area contributed by atoms with E-state index < -0.39 is 0 Å². The van der Waals surface area contributed by atoms with Crippen molar-refractivity contribution in [3.63, 3.8) is 0 Å². The SMILES string of the molecule is CCN(CC)C1CCN(CC(O)c2ccccc2)C1. The second kappa shape index (κ2) is 7.04. The first-order valence-corrected chi connectivity index (χ1v) is 7.44. The summed E-state index contributed by atoms with van der Waals surface area (Å²) in [5.41, 5.74) is 1.02. The summed E-state index contributed by atoms with van der Waals surface area (Å²) in [6.07, 6.45) is 0.861. The van der Waals surface area contributed by atoms with E-state index in [0.29, 0.717) is 6.04 Å². The van der Waals surface area contributed by atoms with E-state index >= 15 is 0 Å². The van der Waals surface area contributed by atoms with Crippen LogP contribution in [0, 0.1) is 0 Å². The zero-order valence-corrected chi connectivity index (χ0v) is 12.1. The highest BCUT2D eigenvalue weighted by molar-refractivity contribution is 5.17. The van der Waals surface area contributed by atoms with Gasteiger partial charge in [-0.1, -0.05) is 44.2 Å². The number of hydrogen-bond acceptors (Lipinski definition) is 3. The summed E-state index contributed by atoms with van der Waals surface area (Å²) in [5.74, 6) is 0. The van der Waals surface area contributed by atoms with E-state index in [4.69, 9.17) is 0 Å². The molecule has 2 unspecified atom stereocenters. The van der Waals surface area contributed by atoms with Crippen LogP contribution in [-0.2, 0) is 0 Å². The van der Waals surface area contributed by atoms with Crippen LogP contribution < -0.4 is 0 Å². The summed E-state index contributed by atoms with van der Waals surface area (Å²) < 4.78 is 0. The Morgan fingerprint density at radius 3 is 2.58 bits per heavy atom. The number of nitrogens with zero attached hydrogens (tertiary/aromatic N) is 2. The minimum Gasteiger partial charge on any atom is -0.387 e. The lowest BCUT2D eigenvalue weighted by atomic mass is 10.1. The Morgan fingerprint density at radius 1 is 1.26 bits per heavy atom. The molecule has 1 aliphatic rings. The standard InChI is InChI=1S/C16H26N2O/c1-3-18(4-2)15-10-11-17(12-15)13-16(19)14-8-6-5-7-9-14/h5-9,15-16,19H,3-4,10-13H2,1-2H3. The molecule has 3 heteroatoms. The van der Waals surface area contributed by atoms with Crippen molar-refractivity contribution in [3.05, 3.63) is 35.9 Å². The molecule has 3 nitrogen and oxygen atoms in total. The van der Waals surface area contributed by atoms with Crippen molar-refractivity contribution < 1.29 is 5.11 Å². The molecular formula is C16H26N2O. The quantitative estimate of drug-likeness (QED) is 0.851. The van der Waals surface area contributed by atoms with Gasteiger partial charge in [0.15, 0.2) is 0 Å². The summed E-state index contributed by atoms with van der Waals surface area (Å²) >= 11 is 0. The molecule has 1 aliphatic heterocycles. The third-order valence-electron chi connectivity index (χ3n) is 4.19. The third kappa shape index (κ3) is 3.78. The number of aliphatic hydroxyl groups excluding tert-OH is 1. The van der Waals surface area contributed by atoms with Gasteiger partial charge in [-0.3, -0.25) is 9.80 Å². The highest BCUT2D eigenvalue weighted by atomic mass is 16.3. The van der Waals surface area contributed by atoms with E-state index in [0.717, 1.165) is 38.3 Å². The molecule has 0 bridgehead atoms. The Balaban J connectivity index is 1.85. The lowest BCUT2D eigenvalue weighted by Gasteiger charge is -2.26. The highest BCUT2D eigenvalue weighted by Crippen LogP contribution is 2.20. The lowest BCUT2D eigenvalue weighted by molar-refractivity contribution is 0.119. The maximum atomic E-state index is 10.3. The van der Waals surface area contributed by atoms with E-state index in [1.54, 1.807) is 0 Å². The van der Waals surface area contributed by atoms with Crippen LogP contribution in [0.3, 0.4) is 0 Å². The number of likely N-dealkylation sites (tertiary alicyclic amines) is 1. The molecule has 1 aromatic rings. The van der Waals surface area contributed by atoms with Crippen molar-refractivity contribution in [2.45, 2.75) is 32.4 Å². The van der Waals surface area contributed by atoms with Crippen LogP contribution in [0.4, 0.5) is 0 Å². The summed E-state index contributed by atoms with van der Waals surface area (Å²) in [5, 5.41) is 10.3. The monoisotopic (exact) mass is 262 g/mol. The molecule has 1 N–H and O–H groups in total. The van der Waals surface area contributed by atoms with Gasteiger partial charge in [0.1, 0.15) is 0 Å². The molecule has 1 heterocycles. The van der Waals surface area contributed by atoms with Crippen LogP contribution in [0.25, 0.3) is 0 Å². The number of aliphatic hydroxyl groups is 1. The van der Waals surface area contributed by atoms with E-state index in [-0.39, 0.29) is 6.10 Å². The third-order valence-corrected chi connectivity index (χ3v) is 4.19. The maximum absolute atomic E-state index is 10.3. The summed E-state index contributed by atoms with van der Waals surface area (Å²) in [6.45, 7) is 9.64. The summed E-state index contributed by atoms with van der Waals surface area (Å²) in [4.78, 5) is 4.91. The van der Waals surface area contributed by atoms with Crippen molar-refractivity contribution >= 4 is 0 Å². The van der Waals surface area contributed by atoms with E-state index in [2.05, 4.69) is 23.6 Å². The largest absolute Gasteiger partial charge is 0.387 e. The van der Waals surface area contributed by atoms with Crippen molar-refractivity contribution in [2.24, 2.45) is 0 Å². The van der Waals surface area contributed by atoms with Crippen LogP contribution in [0.2, 0.25) is 0 Å². The molecule has 106 valence electrons. The van der Waals surface area contributed by atoms with Gasteiger partial charge in [-0.2, -0.15) is 0 Å². The summed E-state index contributed by atoms with van der Waals surface area (Å²) in [7, 11) is 0. The average Bonchev–Trinajstić information content (AvgIpc) is 2.89. The van der Waals surface area contributed by atoms with Gasteiger partial charge in [-0.05, 0) is 31.6 Å². The zero-order chi connectivity index (χ0) is 13.7. The van der Waals surface area contributed by atoms with Crippen molar-refractivity contribution in [2.75, 3.05) is 32.7 Å². The number of likely N-dealkylation sites (N-methyl/N-ethyl adjacent to an activating group) is 1. The smallest absolute Gasteiger partial charge is 0.0916 e.